The Morgan fingerprint density at radius 1 is 0.651 bits per heavy atom. The largest absolute Gasteiger partial charge is 0.479 e. The summed E-state index contributed by atoms with van der Waals surface area (Å²) in [5, 5.41) is 88.2. The van der Waals surface area contributed by atoms with Crippen LogP contribution in [0.3, 0.4) is 0 Å². The molecule has 0 spiro atoms. The number of cyclic esters (lactones) is 1. The summed E-state index contributed by atoms with van der Waals surface area (Å²) < 4.78 is 5.67. The second-order valence-electron chi connectivity index (χ2n) is 22.9. The van der Waals surface area contributed by atoms with Crippen LogP contribution in [0.15, 0.2) is 10.9 Å². The fourth-order valence-electron chi connectivity index (χ4n) is 11.1. The zero-order valence-corrected chi connectivity index (χ0v) is 48.9. The SMILES string of the molecule is Cc1cc(=O)[nH]c(NCCC[C@@H]2NC(=O)[C@@H]3CCCN3C(=O)[C@H]3CCCN3C(=O)[C@@H]([C@@H](C)O)NC(=O)C[C@@H](CCCCCCCCCC(C)C)OC(=O)[C@H]([C@H](O)C(=O)O)NC(=O)[C@@H]3[C@@H](O)CCN3C(=O)[C@@H](CO)NC(=O)[C@@H]([C@@H](O)C(=O)O)NC2=O)n1. The van der Waals surface area contributed by atoms with E-state index in [1.54, 1.807) is 6.92 Å². The highest BCUT2D eigenvalue weighted by atomic mass is 16.5. The molecule has 8 amide bonds. The highest BCUT2D eigenvalue weighted by molar-refractivity contribution is 6.00. The number of aliphatic hydroxyl groups excluding tert-OH is 5. The minimum atomic E-state index is -2.78. The van der Waals surface area contributed by atoms with Crippen LogP contribution in [0.1, 0.15) is 136 Å². The third-order valence-electron chi connectivity index (χ3n) is 15.7. The lowest BCUT2D eigenvalue weighted by Gasteiger charge is -2.34. The number of ether oxygens (including phenoxy) is 1. The number of aliphatic hydroxyl groups is 5. The molecule has 4 fully saturated rings. The molecular formula is C55H85N11O20. The number of nitrogens with zero attached hydrogens (tertiary/aromatic N) is 4. The van der Waals surface area contributed by atoms with Crippen LogP contribution >= 0.6 is 0 Å². The zero-order valence-electron chi connectivity index (χ0n) is 48.9. The number of aromatic nitrogens is 2. The Kier molecular flexibility index (Phi) is 26.6. The first-order chi connectivity index (χ1) is 40.7. The van der Waals surface area contributed by atoms with Crippen molar-refractivity contribution in [3.05, 3.63) is 22.1 Å². The van der Waals surface area contributed by atoms with E-state index in [0.29, 0.717) is 29.4 Å². The van der Waals surface area contributed by atoms with Gasteiger partial charge in [0.15, 0.2) is 18.2 Å². The van der Waals surface area contributed by atoms with E-state index in [4.69, 9.17) is 4.74 Å². The summed E-state index contributed by atoms with van der Waals surface area (Å²) in [4.78, 5) is 175. The molecule has 0 bridgehead atoms. The summed E-state index contributed by atoms with van der Waals surface area (Å²) in [5.41, 5.74) is -0.123. The molecule has 0 unspecified atom stereocenters. The van der Waals surface area contributed by atoms with Crippen molar-refractivity contribution >= 4 is 71.1 Å². The molecule has 4 saturated heterocycles. The molecule has 86 heavy (non-hydrogen) atoms. The number of carbonyl (C=O) groups is 11. The van der Waals surface area contributed by atoms with Gasteiger partial charge in [-0.25, -0.2) is 19.4 Å². The Morgan fingerprint density at radius 3 is 1.86 bits per heavy atom. The summed E-state index contributed by atoms with van der Waals surface area (Å²) >= 11 is 0. The van der Waals surface area contributed by atoms with Gasteiger partial charge in [0.05, 0.1) is 25.2 Å². The molecule has 0 aliphatic carbocycles. The maximum Gasteiger partial charge on any atom is 0.335 e. The summed E-state index contributed by atoms with van der Waals surface area (Å²) in [5.74, 6) is -14.2. The van der Waals surface area contributed by atoms with Crippen LogP contribution < -0.4 is 37.5 Å². The monoisotopic (exact) mass is 1220 g/mol. The summed E-state index contributed by atoms with van der Waals surface area (Å²) in [6.07, 6.45) is -4.47. The highest BCUT2D eigenvalue weighted by Crippen LogP contribution is 2.27. The second kappa shape index (κ2) is 33.0. The Balaban J connectivity index is 1.52. The van der Waals surface area contributed by atoms with Crippen molar-refractivity contribution < 1.29 is 93.2 Å². The number of carboxylic acid groups (broad SMARTS) is 2. The third-order valence-corrected chi connectivity index (χ3v) is 15.7. The topological polar surface area (TPSA) is 466 Å². The number of nitrogens with one attached hydrogen (secondary N) is 7. The number of rotatable bonds is 21. The van der Waals surface area contributed by atoms with Crippen LogP contribution in [0, 0.1) is 12.8 Å². The van der Waals surface area contributed by atoms with E-state index in [0.717, 1.165) is 43.4 Å². The van der Waals surface area contributed by atoms with E-state index in [2.05, 4.69) is 45.1 Å². The molecule has 1 aromatic rings. The van der Waals surface area contributed by atoms with Crippen molar-refractivity contribution in [1.82, 2.24) is 51.3 Å². The Morgan fingerprint density at radius 2 is 1.24 bits per heavy atom. The Bertz CT molecular complexity index is 2640. The minimum absolute atomic E-state index is 0.00410. The molecule has 0 aromatic carbocycles. The van der Waals surface area contributed by atoms with Crippen molar-refractivity contribution in [3.8, 4) is 0 Å². The lowest BCUT2D eigenvalue weighted by molar-refractivity contribution is -0.165. The van der Waals surface area contributed by atoms with Crippen molar-refractivity contribution in [1.29, 1.82) is 0 Å². The smallest absolute Gasteiger partial charge is 0.335 e. The maximum atomic E-state index is 14.6. The molecule has 31 nitrogen and oxygen atoms in total. The third kappa shape index (κ3) is 19.3. The van der Waals surface area contributed by atoms with Gasteiger partial charge in [-0.15, -0.1) is 0 Å². The summed E-state index contributed by atoms with van der Waals surface area (Å²) in [7, 11) is 0. The van der Waals surface area contributed by atoms with Gasteiger partial charge in [0, 0.05) is 37.9 Å². The van der Waals surface area contributed by atoms with Crippen molar-refractivity contribution in [2.24, 2.45) is 5.92 Å². The van der Waals surface area contributed by atoms with E-state index in [1.807, 2.05) is 10.6 Å². The van der Waals surface area contributed by atoms with Crippen LogP contribution in [0.4, 0.5) is 5.95 Å². The van der Waals surface area contributed by atoms with Gasteiger partial charge < -0.3 is 87.1 Å². The van der Waals surface area contributed by atoms with E-state index < -0.39 is 169 Å². The van der Waals surface area contributed by atoms with Crippen LogP contribution in [0.25, 0.3) is 0 Å². The molecule has 480 valence electrons. The molecule has 31 heteroatoms. The predicted molar refractivity (Wildman–Crippen MR) is 300 cm³/mol. The van der Waals surface area contributed by atoms with Crippen molar-refractivity contribution in [3.63, 3.8) is 0 Å². The van der Waals surface area contributed by atoms with E-state index in [-0.39, 0.29) is 76.9 Å². The fourth-order valence-corrected chi connectivity index (χ4v) is 11.1. The van der Waals surface area contributed by atoms with E-state index >= 15 is 0 Å². The number of unbranched alkanes of at least 4 members (excludes halogenated alkanes) is 6. The van der Waals surface area contributed by atoms with Gasteiger partial charge in [-0.2, -0.15) is 0 Å². The van der Waals surface area contributed by atoms with E-state index in [1.165, 1.54) is 17.9 Å². The lowest BCUT2D eigenvalue weighted by atomic mass is 10.0. The number of fused-ring (bicyclic) bond motifs is 3. The molecule has 5 rings (SSSR count). The van der Waals surface area contributed by atoms with Gasteiger partial charge in [0.2, 0.25) is 53.2 Å². The molecule has 0 radical (unpaired) electrons. The maximum absolute atomic E-state index is 14.6. The number of hydrogen-bond acceptors (Lipinski definition) is 20. The molecular weight excluding hydrogens is 1130 g/mol. The number of carbonyl (C=O) groups excluding carboxylic acids is 9. The fraction of sp³-hybridized carbons (Fsp3) is 0.727. The Labute approximate surface area is 496 Å². The average molecular weight is 1220 g/mol. The first-order valence-corrected chi connectivity index (χ1v) is 29.5. The molecule has 13 atom stereocenters. The Hall–Kier alpha value is -7.35. The zero-order chi connectivity index (χ0) is 63.5. The second-order valence-corrected chi connectivity index (χ2v) is 22.9. The number of aliphatic carboxylic acids is 2. The van der Waals surface area contributed by atoms with Crippen molar-refractivity contribution in [2.75, 3.05) is 38.1 Å². The first kappa shape index (κ1) is 69.4. The highest BCUT2D eigenvalue weighted by Gasteiger charge is 2.49. The normalized spacial score (nSPS) is 27.3. The number of hydrogen-bond donors (Lipinski definition) is 14. The van der Waals surface area contributed by atoms with Gasteiger partial charge >= 0.3 is 17.9 Å². The standard InChI is InChI=1S/C55H85N11O20/c1-28(2)15-10-8-6-5-7-9-11-16-31-26-38(71)60-39(30(4)68)51(80)65-23-14-19-35(65)50(79)64-22-13-18-34(64)46(75)58-32(17-12-21-56-55-57-29(3)25-37(70)61-55)45(74)62-40(43(72)52(81)82)47(76)59-33(27-67)49(78)66-24-20-36(69)42(66)48(77)63-41(54(85)86-31)44(73)53(83)84/h25,28,30-36,39-44,67-69,72-73H,5-24,26-27H2,1-4H3,(H,58,75)(H,59,76)(H,60,71)(H,62,74)(H,63,77)(H,81,82)(H,83,84)(H2,56,57,61,70)/t30-,31-,32+,33-,34+,35-,36+,39-,40-,41+,42+,43-,44+/m1/s1. The molecule has 4 aliphatic heterocycles. The lowest BCUT2D eigenvalue weighted by Crippen LogP contribution is -2.64. The predicted octanol–water partition coefficient (Wildman–Crippen LogP) is -3.62. The van der Waals surface area contributed by atoms with Gasteiger partial charge in [-0.05, 0) is 77.6 Å². The number of amides is 8. The van der Waals surface area contributed by atoms with Gasteiger partial charge in [0.25, 0.3) is 5.56 Å². The number of aryl methyl sites for hydroxylation is 1. The van der Waals surface area contributed by atoms with Crippen LogP contribution in [-0.2, 0) is 57.5 Å². The number of H-pyrrole nitrogens is 1. The molecule has 4 aliphatic rings. The summed E-state index contributed by atoms with van der Waals surface area (Å²) in [6, 6.07) is -13.8. The quantitative estimate of drug-likeness (QED) is 0.0417. The van der Waals surface area contributed by atoms with Gasteiger partial charge in [0.1, 0.15) is 48.4 Å². The average Bonchev–Trinajstić information content (AvgIpc) is 3.60. The molecule has 14 N–H and O–H groups in total. The number of carboxylic acids is 2. The van der Waals surface area contributed by atoms with Crippen LogP contribution in [0.2, 0.25) is 0 Å². The van der Waals surface area contributed by atoms with Crippen LogP contribution in [-0.4, -0.2) is 237 Å². The van der Waals surface area contributed by atoms with Gasteiger partial charge in [-0.1, -0.05) is 58.8 Å². The number of aromatic amines is 1. The first-order valence-electron chi connectivity index (χ1n) is 29.5. The molecule has 0 saturated carbocycles. The molecule has 1 aromatic heterocycles. The number of anilines is 1. The molecule has 5 heterocycles. The van der Waals surface area contributed by atoms with Crippen LogP contribution in [0.5, 0.6) is 0 Å². The summed E-state index contributed by atoms with van der Waals surface area (Å²) in [6.45, 7) is 5.20. The number of esters is 1. The van der Waals surface area contributed by atoms with Crippen molar-refractivity contribution in [2.45, 2.75) is 216 Å². The minimum Gasteiger partial charge on any atom is -0.479 e. The van der Waals surface area contributed by atoms with Gasteiger partial charge in [-0.3, -0.25) is 48.1 Å². The van der Waals surface area contributed by atoms with E-state index in [9.17, 15) is 93.3 Å².